The first kappa shape index (κ1) is 25.2. The molecule has 3 rings (SSSR count). The summed E-state index contributed by atoms with van der Waals surface area (Å²) in [6, 6.07) is 9.83. The Hall–Kier alpha value is -0.413. The topological polar surface area (TPSA) is 0 Å². The van der Waals surface area contributed by atoms with Crippen LogP contribution in [-0.4, -0.2) is 8.80 Å². The molecule has 4 heteroatoms. The molecule has 2 fully saturated rings. The lowest BCUT2D eigenvalue weighted by molar-refractivity contribution is 0.150. The first-order chi connectivity index (χ1) is 15.1. The zero-order valence-electron chi connectivity index (χ0n) is 19.6. The van der Waals surface area contributed by atoms with Crippen molar-refractivity contribution in [1.29, 1.82) is 0 Å². The lowest BCUT2D eigenvalue weighted by Crippen LogP contribution is -2.28. The van der Waals surface area contributed by atoms with Gasteiger partial charge in [-0.2, -0.15) is 0 Å². The molecule has 2 aliphatic rings. The standard InChI is InChI=1S/C27H43ClF2Si/c1-2-3-6-17-31-18-15-23(16-19-31)22-11-9-21(10-12-22)7-4-5-8-24-13-14-25(28)20-26(24)27(29)30/h13-14,20-23,27,31H,2-12,15-19H2,1H3/t21-,22-,23?,31?. The van der Waals surface area contributed by atoms with Crippen LogP contribution >= 0.6 is 11.6 Å². The minimum atomic E-state index is -2.43. The molecule has 0 nitrogen and oxygen atoms in total. The minimum Gasteiger partial charge on any atom is -0.205 e. The van der Waals surface area contributed by atoms with E-state index in [1.54, 1.807) is 43.1 Å². The van der Waals surface area contributed by atoms with Gasteiger partial charge in [-0.1, -0.05) is 101 Å². The Bertz CT molecular complexity index is 634. The summed E-state index contributed by atoms with van der Waals surface area (Å²) >= 11 is 5.89. The summed E-state index contributed by atoms with van der Waals surface area (Å²) in [4.78, 5) is 0. The fourth-order valence-electron chi connectivity index (χ4n) is 6.32. The molecule has 31 heavy (non-hydrogen) atoms. The molecule has 0 aromatic heterocycles. The van der Waals surface area contributed by atoms with Gasteiger partial charge in [0, 0.05) is 19.4 Å². The Morgan fingerprint density at radius 2 is 1.65 bits per heavy atom. The highest BCUT2D eigenvalue weighted by Gasteiger charge is 2.30. The maximum Gasteiger partial charge on any atom is 0.264 e. The zero-order valence-corrected chi connectivity index (χ0v) is 21.5. The maximum atomic E-state index is 13.2. The fraction of sp³-hybridized carbons (Fsp3) is 0.778. The number of halogens is 3. The summed E-state index contributed by atoms with van der Waals surface area (Å²) in [5.74, 6) is 2.91. The van der Waals surface area contributed by atoms with Crippen molar-refractivity contribution in [3.8, 4) is 0 Å². The Balaban J connectivity index is 1.30. The van der Waals surface area contributed by atoms with Crippen molar-refractivity contribution >= 4 is 20.4 Å². The molecule has 1 heterocycles. The van der Waals surface area contributed by atoms with E-state index in [1.807, 2.05) is 0 Å². The van der Waals surface area contributed by atoms with Gasteiger partial charge in [0.15, 0.2) is 0 Å². The van der Waals surface area contributed by atoms with Crippen LogP contribution in [0.5, 0.6) is 0 Å². The molecular weight excluding hydrogens is 426 g/mol. The largest absolute Gasteiger partial charge is 0.264 e. The second kappa shape index (κ2) is 13.3. The van der Waals surface area contributed by atoms with Gasteiger partial charge >= 0.3 is 0 Å². The number of aryl methyl sites for hydroxylation is 1. The van der Waals surface area contributed by atoms with E-state index in [9.17, 15) is 8.78 Å². The number of rotatable bonds is 11. The van der Waals surface area contributed by atoms with Crippen molar-refractivity contribution in [2.45, 2.75) is 115 Å². The number of alkyl halides is 2. The fourth-order valence-corrected chi connectivity index (χ4v) is 10.0. The third-order valence-electron chi connectivity index (χ3n) is 8.32. The number of hydrogen-bond acceptors (Lipinski definition) is 0. The van der Waals surface area contributed by atoms with Crippen LogP contribution in [0.2, 0.25) is 23.2 Å². The Morgan fingerprint density at radius 3 is 2.32 bits per heavy atom. The van der Waals surface area contributed by atoms with E-state index in [2.05, 4.69) is 6.92 Å². The van der Waals surface area contributed by atoms with Crippen LogP contribution in [0.15, 0.2) is 18.2 Å². The van der Waals surface area contributed by atoms with Gasteiger partial charge in [0.1, 0.15) is 0 Å². The molecule has 1 saturated carbocycles. The number of benzene rings is 1. The summed E-state index contributed by atoms with van der Waals surface area (Å²) in [6.45, 7) is 2.32. The minimum absolute atomic E-state index is 0.121. The van der Waals surface area contributed by atoms with Crippen molar-refractivity contribution in [1.82, 2.24) is 0 Å². The summed E-state index contributed by atoms with van der Waals surface area (Å²) in [6.07, 6.45) is 14.9. The molecule has 1 aliphatic heterocycles. The van der Waals surface area contributed by atoms with E-state index in [1.165, 1.54) is 57.4 Å². The molecule has 0 atom stereocenters. The average Bonchev–Trinajstić information content (AvgIpc) is 2.78. The summed E-state index contributed by atoms with van der Waals surface area (Å²) < 4.78 is 26.5. The van der Waals surface area contributed by atoms with Crippen LogP contribution in [0.4, 0.5) is 8.78 Å². The molecule has 0 bridgehead atoms. The molecule has 0 unspecified atom stereocenters. The highest BCUT2D eigenvalue weighted by Crippen LogP contribution is 2.42. The average molecular weight is 469 g/mol. The van der Waals surface area contributed by atoms with Gasteiger partial charge in [0.2, 0.25) is 0 Å². The van der Waals surface area contributed by atoms with E-state index < -0.39 is 6.43 Å². The van der Waals surface area contributed by atoms with Crippen molar-refractivity contribution in [2.75, 3.05) is 0 Å². The smallest absolute Gasteiger partial charge is 0.205 e. The molecule has 0 spiro atoms. The third kappa shape index (κ3) is 8.14. The number of unbranched alkanes of at least 4 members (excludes halogenated alkanes) is 3. The van der Waals surface area contributed by atoms with Crippen LogP contribution in [0.1, 0.15) is 102 Å². The van der Waals surface area contributed by atoms with E-state index >= 15 is 0 Å². The monoisotopic (exact) mass is 468 g/mol. The lowest BCUT2D eigenvalue weighted by Gasteiger charge is -2.37. The van der Waals surface area contributed by atoms with Gasteiger partial charge in [-0.05, 0) is 61.1 Å². The van der Waals surface area contributed by atoms with Gasteiger partial charge < -0.3 is 0 Å². The van der Waals surface area contributed by atoms with Crippen molar-refractivity contribution in [3.05, 3.63) is 34.3 Å². The van der Waals surface area contributed by atoms with Crippen LogP contribution in [0, 0.1) is 17.8 Å². The predicted octanol–water partition coefficient (Wildman–Crippen LogP) is 9.62. The first-order valence-electron chi connectivity index (χ1n) is 13.1. The normalized spacial score (nSPS) is 27.0. The SMILES string of the molecule is CCCCC[SiH]1CCC([C@H]2CC[C@H](CCCCc3ccc(Cl)cc3C(F)F)CC2)CC1. The quantitative estimate of drug-likeness (QED) is 0.224. The van der Waals surface area contributed by atoms with E-state index in [0.29, 0.717) is 5.02 Å². The molecule has 1 aliphatic carbocycles. The second-order valence-electron chi connectivity index (χ2n) is 10.4. The first-order valence-corrected chi connectivity index (χ1v) is 16.0. The van der Waals surface area contributed by atoms with Crippen molar-refractivity contribution < 1.29 is 8.78 Å². The maximum absolute atomic E-state index is 13.2. The molecule has 0 amide bonds. The molecule has 1 saturated heterocycles. The van der Waals surface area contributed by atoms with E-state index in [4.69, 9.17) is 11.6 Å². The summed E-state index contributed by atoms with van der Waals surface area (Å²) in [7, 11) is -0.376. The molecule has 1 aromatic carbocycles. The van der Waals surface area contributed by atoms with Gasteiger partial charge in [-0.3, -0.25) is 0 Å². The van der Waals surface area contributed by atoms with E-state index in [0.717, 1.165) is 42.6 Å². The van der Waals surface area contributed by atoms with Crippen molar-refractivity contribution in [2.24, 2.45) is 17.8 Å². The molecular formula is C27H43ClF2Si. The van der Waals surface area contributed by atoms with Crippen LogP contribution in [0.25, 0.3) is 0 Å². The zero-order chi connectivity index (χ0) is 22.1. The Labute approximate surface area is 196 Å². The molecule has 0 N–H and O–H groups in total. The van der Waals surface area contributed by atoms with Gasteiger partial charge in [-0.15, -0.1) is 0 Å². The molecule has 176 valence electrons. The lowest BCUT2D eigenvalue weighted by atomic mass is 9.73. The predicted molar refractivity (Wildman–Crippen MR) is 133 cm³/mol. The van der Waals surface area contributed by atoms with Gasteiger partial charge in [0.05, 0.1) is 0 Å². The van der Waals surface area contributed by atoms with Crippen LogP contribution < -0.4 is 0 Å². The van der Waals surface area contributed by atoms with Crippen molar-refractivity contribution in [3.63, 3.8) is 0 Å². The third-order valence-corrected chi connectivity index (χ3v) is 12.1. The Morgan fingerprint density at radius 1 is 0.935 bits per heavy atom. The number of hydrogen-bond donors (Lipinski definition) is 0. The highest BCUT2D eigenvalue weighted by molar-refractivity contribution is 6.58. The van der Waals surface area contributed by atoms with Crippen LogP contribution in [-0.2, 0) is 6.42 Å². The summed E-state index contributed by atoms with van der Waals surface area (Å²) in [5, 5.41) is 0.406. The Kier molecular flexibility index (Phi) is 10.8. The second-order valence-corrected chi connectivity index (χ2v) is 14.3. The van der Waals surface area contributed by atoms with Crippen LogP contribution in [0.3, 0.4) is 0 Å². The van der Waals surface area contributed by atoms with Gasteiger partial charge in [0.25, 0.3) is 6.43 Å². The molecule has 1 aromatic rings. The summed E-state index contributed by atoms with van der Waals surface area (Å²) in [5.41, 5.74) is 0.896. The van der Waals surface area contributed by atoms with E-state index in [-0.39, 0.29) is 14.4 Å². The molecule has 0 radical (unpaired) electrons. The van der Waals surface area contributed by atoms with Gasteiger partial charge in [-0.25, -0.2) is 8.78 Å². The highest BCUT2D eigenvalue weighted by atomic mass is 35.5.